The van der Waals surface area contributed by atoms with E-state index in [9.17, 15) is 0 Å². The molecular weight excluding hydrogens is 172 g/mol. The van der Waals surface area contributed by atoms with Crippen LogP contribution in [-0.4, -0.2) is 35.6 Å². The van der Waals surface area contributed by atoms with E-state index >= 15 is 0 Å². The molecule has 1 heterocycles. The maximum atomic E-state index is 3.66. The summed E-state index contributed by atoms with van der Waals surface area (Å²) in [6, 6.07) is 1.92. The van der Waals surface area contributed by atoms with Crippen molar-refractivity contribution < 1.29 is 0 Å². The molecular formula is C12H26N2. The minimum Gasteiger partial charge on any atom is -0.312 e. The molecule has 2 nitrogen and oxygen atoms in total. The molecule has 1 N–H and O–H groups in total. The lowest BCUT2D eigenvalue weighted by molar-refractivity contribution is 0.0663. The van der Waals surface area contributed by atoms with E-state index in [2.05, 4.69) is 51.9 Å². The monoisotopic (exact) mass is 198 g/mol. The molecule has 1 aliphatic heterocycles. The van der Waals surface area contributed by atoms with E-state index in [4.69, 9.17) is 0 Å². The molecule has 3 atom stereocenters. The highest BCUT2D eigenvalue weighted by molar-refractivity contribution is 4.90. The van der Waals surface area contributed by atoms with Crippen molar-refractivity contribution >= 4 is 0 Å². The molecule has 0 saturated carbocycles. The summed E-state index contributed by atoms with van der Waals surface area (Å²) in [5, 5.41) is 3.66. The van der Waals surface area contributed by atoms with Crippen LogP contribution in [0.1, 0.15) is 47.5 Å². The first-order valence-electron chi connectivity index (χ1n) is 5.82. The first-order valence-corrected chi connectivity index (χ1v) is 5.82. The van der Waals surface area contributed by atoms with E-state index in [0.29, 0.717) is 23.7 Å². The van der Waals surface area contributed by atoms with Crippen molar-refractivity contribution in [3.05, 3.63) is 0 Å². The molecule has 14 heavy (non-hydrogen) atoms. The summed E-state index contributed by atoms with van der Waals surface area (Å²) in [5.41, 5.74) is 0.311. The van der Waals surface area contributed by atoms with E-state index in [1.807, 2.05) is 0 Å². The van der Waals surface area contributed by atoms with Crippen molar-refractivity contribution in [3.63, 3.8) is 0 Å². The lowest BCUT2D eigenvalue weighted by atomic mass is 9.89. The molecule has 0 aromatic rings. The van der Waals surface area contributed by atoms with Gasteiger partial charge in [0.1, 0.15) is 0 Å². The van der Waals surface area contributed by atoms with Crippen LogP contribution < -0.4 is 5.32 Å². The van der Waals surface area contributed by atoms with Gasteiger partial charge in [-0.25, -0.2) is 0 Å². The third-order valence-electron chi connectivity index (χ3n) is 3.69. The second kappa shape index (κ2) is 4.19. The van der Waals surface area contributed by atoms with Crippen molar-refractivity contribution in [1.29, 1.82) is 0 Å². The second-order valence-electron chi connectivity index (χ2n) is 5.68. The van der Waals surface area contributed by atoms with Crippen LogP contribution in [0.5, 0.6) is 0 Å². The molecule has 0 bridgehead atoms. The molecule has 0 amide bonds. The Morgan fingerprint density at radius 1 is 1.14 bits per heavy atom. The summed E-state index contributed by atoms with van der Waals surface area (Å²) in [6.07, 6.45) is 2.46. The largest absolute Gasteiger partial charge is 0.312 e. The van der Waals surface area contributed by atoms with Gasteiger partial charge in [-0.1, -0.05) is 0 Å². The Morgan fingerprint density at radius 3 is 2.29 bits per heavy atom. The van der Waals surface area contributed by atoms with Gasteiger partial charge in [-0.3, -0.25) is 4.90 Å². The minimum atomic E-state index is 0.311. The molecule has 1 fully saturated rings. The molecule has 0 spiro atoms. The van der Waals surface area contributed by atoms with E-state index in [1.54, 1.807) is 0 Å². The summed E-state index contributed by atoms with van der Waals surface area (Å²) in [6.45, 7) is 11.6. The van der Waals surface area contributed by atoms with Crippen molar-refractivity contribution in [2.45, 2.75) is 71.1 Å². The van der Waals surface area contributed by atoms with Gasteiger partial charge in [-0.05, 0) is 54.5 Å². The Hall–Kier alpha value is -0.0800. The fraction of sp³-hybridized carbons (Fsp3) is 1.00. The quantitative estimate of drug-likeness (QED) is 0.642. The molecule has 1 saturated heterocycles. The predicted octanol–water partition coefficient (Wildman–Crippen LogP) is 2.25. The van der Waals surface area contributed by atoms with Crippen LogP contribution in [0.25, 0.3) is 0 Å². The van der Waals surface area contributed by atoms with Crippen LogP contribution in [0.15, 0.2) is 0 Å². The normalized spacial score (nSPS) is 40.3. The Kier molecular flexibility index (Phi) is 3.59. The molecule has 84 valence electrons. The first kappa shape index (κ1) is 12.0. The lowest BCUT2D eigenvalue weighted by Gasteiger charge is -2.45. The van der Waals surface area contributed by atoms with Gasteiger partial charge in [-0.15, -0.1) is 0 Å². The molecule has 0 radical (unpaired) electrons. The van der Waals surface area contributed by atoms with Gasteiger partial charge in [-0.2, -0.15) is 0 Å². The van der Waals surface area contributed by atoms with Crippen molar-refractivity contribution in [1.82, 2.24) is 10.2 Å². The van der Waals surface area contributed by atoms with E-state index < -0.39 is 0 Å². The summed E-state index contributed by atoms with van der Waals surface area (Å²) in [7, 11) is 2.26. The van der Waals surface area contributed by atoms with Crippen molar-refractivity contribution in [2.75, 3.05) is 7.05 Å². The van der Waals surface area contributed by atoms with Crippen LogP contribution >= 0.6 is 0 Å². The molecule has 3 unspecified atom stereocenters. The fourth-order valence-electron chi connectivity index (χ4n) is 2.77. The van der Waals surface area contributed by atoms with Gasteiger partial charge in [0.25, 0.3) is 0 Å². The predicted molar refractivity (Wildman–Crippen MR) is 62.6 cm³/mol. The Labute approximate surface area is 89.1 Å². The number of nitrogens with one attached hydrogen (secondary N) is 1. The zero-order valence-electron chi connectivity index (χ0n) is 10.6. The highest BCUT2D eigenvalue weighted by Gasteiger charge is 2.32. The molecule has 1 aliphatic rings. The van der Waals surface area contributed by atoms with Crippen LogP contribution in [0.4, 0.5) is 0 Å². The highest BCUT2D eigenvalue weighted by atomic mass is 15.2. The number of hydrogen-bond acceptors (Lipinski definition) is 2. The van der Waals surface area contributed by atoms with Crippen LogP contribution in [0.3, 0.4) is 0 Å². The topological polar surface area (TPSA) is 15.3 Å². The van der Waals surface area contributed by atoms with Gasteiger partial charge in [0, 0.05) is 23.7 Å². The molecule has 1 rings (SSSR count). The molecule has 0 aliphatic carbocycles. The first-order chi connectivity index (χ1) is 6.33. The van der Waals surface area contributed by atoms with Gasteiger partial charge in [0.15, 0.2) is 0 Å². The summed E-state index contributed by atoms with van der Waals surface area (Å²) in [4.78, 5) is 2.53. The van der Waals surface area contributed by atoms with E-state index in [0.717, 1.165) is 0 Å². The summed E-state index contributed by atoms with van der Waals surface area (Å²) >= 11 is 0. The molecule has 0 aromatic carbocycles. The zero-order chi connectivity index (χ0) is 10.9. The third kappa shape index (κ3) is 2.71. The van der Waals surface area contributed by atoms with Gasteiger partial charge < -0.3 is 5.32 Å². The van der Waals surface area contributed by atoms with Crippen LogP contribution in [-0.2, 0) is 0 Å². The smallest absolute Gasteiger partial charge is 0.0167 e. The number of rotatable bonds is 0. The minimum absolute atomic E-state index is 0.311. The van der Waals surface area contributed by atoms with Gasteiger partial charge in [0.2, 0.25) is 0 Å². The van der Waals surface area contributed by atoms with Crippen LogP contribution in [0, 0.1) is 0 Å². The molecule has 0 aromatic heterocycles. The van der Waals surface area contributed by atoms with Gasteiger partial charge in [0.05, 0.1) is 0 Å². The Balaban J connectivity index is 2.75. The Morgan fingerprint density at radius 2 is 1.71 bits per heavy atom. The maximum absolute atomic E-state index is 3.66. The van der Waals surface area contributed by atoms with E-state index in [1.165, 1.54) is 12.8 Å². The average molecular weight is 198 g/mol. The summed E-state index contributed by atoms with van der Waals surface area (Å²) < 4.78 is 0. The average Bonchev–Trinajstić information content (AvgIpc) is 1.99. The summed E-state index contributed by atoms with van der Waals surface area (Å²) in [5.74, 6) is 0. The van der Waals surface area contributed by atoms with Gasteiger partial charge >= 0.3 is 0 Å². The maximum Gasteiger partial charge on any atom is 0.0167 e. The van der Waals surface area contributed by atoms with E-state index in [-0.39, 0.29) is 0 Å². The molecule has 2 heteroatoms. The lowest BCUT2D eigenvalue weighted by Crippen LogP contribution is -2.54. The Bertz CT molecular complexity index is 189. The van der Waals surface area contributed by atoms with Crippen molar-refractivity contribution in [2.24, 2.45) is 0 Å². The highest BCUT2D eigenvalue weighted by Crippen LogP contribution is 2.25. The SMILES string of the molecule is CC1CC(C)N(C)C(C)(C)CC(C)N1. The standard InChI is InChI=1S/C12H26N2/c1-9-7-11(3)14(6)12(4,5)8-10(2)13-9/h9-11,13H,7-8H2,1-6H3. The number of hydrogen-bond donors (Lipinski definition) is 1. The van der Waals surface area contributed by atoms with Crippen LogP contribution in [0.2, 0.25) is 0 Å². The zero-order valence-corrected chi connectivity index (χ0v) is 10.6. The van der Waals surface area contributed by atoms with Crippen molar-refractivity contribution in [3.8, 4) is 0 Å². The third-order valence-corrected chi connectivity index (χ3v) is 3.69. The number of nitrogens with zero attached hydrogens (tertiary/aromatic N) is 1. The fourth-order valence-corrected chi connectivity index (χ4v) is 2.77. The second-order valence-corrected chi connectivity index (χ2v) is 5.68.